The number of hydrogen-bond acceptors (Lipinski definition) is 8. The number of hydrogen-bond donors (Lipinski definition) is 2. The van der Waals surface area contributed by atoms with E-state index in [-0.39, 0.29) is 67.3 Å². The molecule has 5 rings (SSSR count). The summed E-state index contributed by atoms with van der Waals surface area (Å²) in [7, 11) is -2.83. The van der Waals surface area contributed by atoms with Crippen LogP contribution < -0.4 is 10.6 Å². The highest BCUT2D eigenvalue weighted by atomic mass is 28.4. The predicted octanol–water partition coefficient (Wildman–Crippen LogP) is 9.00. The molecule has 3 aromatic carbocycles. The number of carbonyl (C=O) groups excluding carboxylic acids is 4. The molecule has 0 bridgehead atoms. The van der Waals surface area contributed by atoms with Gasteiger partial charge in [0.2, 0.25) is 17.7 Å². The molecule has 2 aliphatic heterocycles. The normalized spacial score (nSPS) is 20.7. The SMILES string of the molecule is CC[C@@H](C)[C@@]1(NC(C)=O)CCN([C@@H](CCc2ccccc2)C(=O)N[C@@H](Cc2cc(F)cc(F)c2)[C@H](O[Si](C)(C)C(C)(C)C)[C@H]2C[C@@H](OCc3cccc(C#N)c3)CN2C(=O)OC(C)(C)C)C1=O. The third-order valence-electron chi connectivity index (χ3n) is 13.7. The van der Waals surface area contributed by atoms with Gasteiger partial charge in [0.25, 0.3) is 0 Å². The Bertz CT molecular complexity index is 2240. The highest BCUT2D eigenvalue weighted by molar-refractivity contribution is 6.74. The van der Waals surface area contributed by atoms with Gasteiger partial charge in [0.1, 0.15) is 28.8 Å². The molecule has 0 radical (unpaired) electrons. The number of benzene rings is 3. The van der Waals surface area contributed by atoms with E-state index in [0.717, 1.165) is 17.2 Å². The third kappa shape index (κ3) is 13.5. The molecule has 364 valence electrons. The van der Waals surface area contributed by atoms with E-state index in [2.05, 4.69) is 50.6 Å². The quantitative estimate of drug-likeness (QED) is 0.120. The van der Waals surface area contributed by atoms with Crippen molar-refractivity contribution < 1.29 is 41.9 Å². The monoisotopic (exact) mass is 944 g/mol. The van der Waals surface area contributed by atoms with Gasteiger partial charge in [-0.2, -0.15) is 5.26 Å². The van der Waals surface area contributed by atoms with E-state index in [1.807, 2.05) is 50.2 Å². The van der Waals surface area contributed by atoms with E-state index in [1.54, 1.807) is 48.8 Å². The maximum Gasteiger partial charge on any atom is 0.410 e. The largest absolute Gasteiger partial charge is 0.444 e. The zero-order valence-electron chi connectivity index (χ0n) is 41.2. The van der Waals surface area contributed by atoms with Gasteiger partial charge in [-0.3, -0.25) is 19.3 Å². The molecule has 12 nitrogen and oxygen atoms in total. The van der Waals surface area contributed by atoms with Gasteiger partial charge in [-0.1, -0.05) is 83.5 Å². The number of rotatable bonds is 18. The Kier molecular flexibility index (Phi) is 17.2. The summed E-state index contributed by atoms with van der Waals surface area (Å²) >= 11 is 0. The van der Waals surface area contributed by atoms with Crippen molar-refractivity contribution in [3.05, 3.63) is 107 Å². The first-order chi connectivity index (χ1) is 31.4. The number of halogens is 2. The Labute approximate surface area is 397 Å². The highest BCUT2D eigenvalue weighted by Gasteiger charge is 2.54. The Hall–Kier alpha value is -5.17. The second-order valence-corrected chi connectivity index (χ2v) is 25.6. The number of amides is 4. The molecule has 0 unspecified atom stereocenters. The van der Waals surface area contributed by atoms with Crippen LogP contribution in [-0.4, -0.2) is 96.5 Å². The summed E-state index contributed by atoms with van der Waals surface area (Å²) in [6, 6.07) is 19.3. The summed E-state index contributed by atoms with van der Waals surface area (Å²) in [6.07, 6.45) is -0.438. The minimum Gasteiger partial charge on any atom is -0.444 e. The summed E-state index contributed by atoms with van der Waals surface area (Å²) in [6.45, 7) is 21.4. The Morgan fingerprint density at radius 2 is 1.61 bits per heavy atom. The topological polar surface area (TPSA) is 150 Å². The number of nitrogens with zero attached hydrogens (tertiary/aromatic N) is 3. The van der Waals surface area contributed by atoms with Crippen molar-refractivity contribution in [2.45, 2.75) is 167 Å². The van der Waals surface area contributed by atoms with Gasteiger partial charge < -0.3 is 29.4 Å². The van der Waals surface area contributed by atoms with Crippen LogP contribution >= 0.6 is 0 Å². The lowest BCUT2D eigenvalue weighted by atomic mass is 9.81. The van der Waals surface area contributed by atoms with Gasteiger partial charge >= 0.3 is 6.09 Å². The van der Waals surface area contributed by atoms with E-state index >= 15 is 13.6 Å². The number of ether oxygens (including phenoxy) is 2. The van der Waals surface area contributed by atoms with Crippen LogP contribution in [0.3, 0.4) is 0 Å². The minimum absolute atomic E-state index is 0.104. The summed E-state index contributed by atoms with van der Waals surface area (Å²) < 4.78 is 50.0. The van der Waals surface area contributed by atoms with Crippen LogP contribution in [0.15, 0.2) is 72.8 Å². The van der Waals surface area contributed by atoms with Crippen LogP contribution in [0, 0.1) is 28.9 Å². The van der Waals surface area contributed by atoms with Crippen LogP contribution in [0.25, 0.3) is 0 Å². The summed E-state index contributed by atoms with van der Waals surface area (Å²) in [5.74, 6) is -3.04. The van der Waals surface area contributed by atoms with Crippen molar-refractivity contribution in [1.29, 1.82) is 5.26 Å². The number of aryl methyl sites for hydroxylation is 1. The van der Waals surface area contributed by atoms with E-state index in [4.69, 9.17) is 13.9 Å². The maximum atomic E-state index is 15.4. The molecule has 67 heavy (non-hydrogen) atoms. The molecule has 4 amide bonds. The van der Waals surface area contributed by atoms with Crippen LogP contribution in [0.5, 0.6) is 0 Å². The smallest absolute Gasteiger partial charge is 0.410 e. The molecule has 15 heteroatoms. The van der Waals surface area contributed by atoms with Gasteiger partial charge in [-0.15, -0.1) is 0 Å². The zero-order valence-corrected chi connectivity index (χ0v) is 42.2. The molecular formula is C52H71F2N5O7Si. The molecule has 2 aliphatic rings. The van der Waals surface area contributed by atoms with Crippen molar-refractivity contribution in [1.82, 2.24) is 20.4 Å². The van der Waals surface area contributed by atoms with Crippen molar-refractivity contribution >= 4 is 32.1 Å². The predicted molar refractivity (Wildman–Crippen MR) is 256 cm³/mol. The molecule has 0 spiro atoms. The summed E-state index contributed by atoms with van der Waals surface area (Å²) in [4.78, 5) is 60.5. The summed E-state index contributed by atoms with van der Waals surface area (Å²) in [5, 5.41) is 15.4. The second-order valence-electron chi connectivity index (χ2n) is 20.9. The van der Waals surface area contributed by atoms with Gasteiger partial charge in [0, 0.05) is 19.5 Å². The van der Waals surface area contributed by atoms with Crippen LogP contribution in [0.4, 0.5) is 13.6 Å². The lowest BCUT2D eigenvalue weighted by molar-refractivity contribution is -0.144. The van der Waals surface area contributed by atoms with Crippen molar-refractivity contribution in [3.8, 4) is 6.07 Å². The van der Waals surface area contributed by atoms with Crippen LogP contribution in [-0.2, 0) is 47.7 Å². The molecule has 2 heterocycles. The average Bonchev–Trinajstić information content (AvgIpc) is 3.81. The van der Waals surface area contributed by atoms with E-state index in [9.17, 15) is 19.6 Å². The Balaban J connectivity index is 1.64. The van der Waals surface area contributed by atoms with Gasteiger partial charge in [0.15, 0.2) is 8.32 Å². The minimum atomic E-state index is -2.83. The lowest BCUT2D eigenvalue weighted by Gasteiger charge is -2.45. The molecule has 7 atom stereocenters. The Morgan fingerprint density at radius 1 is 0.955 bits per heavy atom. The first-order valence-electron chi connectivity index (χ1n) is 23.5. The molecule has 2 saturated heterocycles. The second kappa shape index (κ2) is 21.8. The number of carbonyl (C=O) groups is 4. The molecule has 2 fully saturated rings. The molecule has 0 saturated carbocycles. The fourth-order valence-corrected chi connectivity index (χ4v) is 10.3. The fraction of sp³-hybridized carbons (Fsp3) is 0.558. The highest BCUT2D eigenvalue weighted by Crippen LogP contribution is 2.41. The van der Waals surface area contributed by atoms with Crippen LogP contribution in [0.1, 0.15) is 110 Å². The van der Waals surface area contributed by atoms with Crippen LogP contribution in [0.2, 0.25) is 18.1 Å². The molecule has 0 aromatic heterocycles. The standard InChI is InChI=1S/C52H71F2N5O7Si/c1-12-34(2)52(57-35(3)60)23-24-58(48(52)62)44(22-21-36-17-14-13-15-18-36)47(61)56-43(28-39-26-40(53)29-41(54)27-39)46(66-67(10,11)51(7,8)9)45-30-42(32-59(45)49(63)65-50(4,5)6)64-33-38-20-16-19-37(25-38)31-55/h13-20,25-27,29,34,42-46H,12,21-24,28,30,32-33H2,1-11H3,(H,56,61)(H,57,60)/t34-,42-,43+,44+,45-,46+,52+/m1/s1. The Morgan fingerprint density at radius 3 is 2.21 bits per heavy atom. The number of nitrogens with one attached hydrogen (secondary N) is 2. The van der Waals surface area contributed by atoms with Gasteiger partial charge in [-0.25, -0.2) is 13.6 Å². The lowest BCUT2D eigenvalue weighted by Crippen LogP contribution is -2.63. The summed E-state index contributed by atoms with van der Waals surface area (Å²) in [5.41, 5.74) is 0.356. The first kappa shape index (κ1) is 52.8. The third-order valence-corrected chi connectivity index (χ3v) is 18.1. The fourth-order valence-electron chi connectivity index (χ4n) is 8.98. The maximum absolute atomic E-state index is 15.4. The first-order valence-corrected chi connectivity index (χ1v) is 26.4. The van der Waals surface area contributed by atoms with E-state index < -0.39 is 73.4 Å². The van der Waals surface area contributed by atoms with Gasteiger partial charge in [0.05, 0.1) is 49.1 Å². The van der Waals surface area contributed by atoms with Gasteiger partial charge in [-0.05, 0) is 118 Å². The van der Waals surface area contributed by atoms with Crippen molar-refractivity contribution in [3.63, 3.8) is 0 Å². The van der Waals surface area contributed by atoms with Crippen molar-refractivity contribution in [2.24, 2.45) is 5.92 Å². The van der Waals surface area contributed by atoms with Crippen molar-refractivity contribution in [2.75, 3.05) is 13.1 Å². The molecule has 0 aliphatic carbocycles. The van der Waals surface area contributed by atoms with E-state index in [1.165, 1.54) is 19.1 Å². The number of nitriles is 1. The number of likely N-dealkylation sites (tertiary alicyclic amines) is 2. The average molecular weight is 944 g/mol. The zero-order chi connectivity index (χ0) is 49.5. The molecular weight excluding hydrogens is 873 g/mol. The molecule has 3 aromatic rings. The molecule has 2 N–H and O–H groups in total. The van der Waals surface area contributed by atoms with E-state index in [0.29, 0.717) is 24.8 Å².